The van der Waals surface area contributed by atoms with Crippen LogP contribution in [0.15, 0.2) is 18.5 Å². The number of rotatable bonds is 4. The summed E-state index contributed by atoms with van der Waals surface area (Å²) in [5.74, 6) is 0.461. The topological polar surface area (TPSA) is 62.2 Å². The molecule has 0 radical (unpaired) electrons. The zero-order valence-electron chi connectivity index (χ0n) is 10.0. The average molecular weight is 234 g/mol. The molecule has 1 aliphatic rings. The predicted molar refractivity (Wildman–Crippen MR) is 66.2 cm³/mol. The van der Waals surface area contributed by atoms with E-state index in [0.29, 0.717) is 11.6 Å². The van der Waals surface area contributed by atoms with Crippen LogP contribution >= 0.6 is 0 Å². The molecule has 0 amide bonds. The molecular weight excluding hydrogens is 216 g/mol. The molecule has 2 atom stereocenters. The molecule has 0 saturated heterocycles. The third-order valence-corrected chi connectivity index (χ3v) is 3.65. The molecule has 0 aromatic carbocycles. The van der Waals surface area contributed by atoms with E-state index in [1.54, 1.807) is 12.3 Å². The maximum absolute atomic E-state index is 11.0. The number of nitrogens with zero attached hydrogens (tertiary/aromatic N) is 1. The van der Waals surface area contributed by atoms with Crippen LogP contribution in [0.4, 0.5) is 5.69 Å². The monoisotopic (exact) mass is 234 g/mol. The quantitative estimate of drug-likeness (QED) is 0.840. The Bertz CT molecular complexity index is 406. The van der Waals surface area contributed by atoms with Gasteiger partial charge in [0.1, 0.15) is 5.56 Å². The summed E-state index contributed by atoms with van der Waals surface area (Å²) in [5, 5.41) is 12.3. The number of hydrogen-bond donors (Lipinski definition) is 2. The minimum absolute atomic E-state index is 0.248. The van der Waals surface area contributed by atoms with E-state index in [1.165, 1.54) is 25.5 Å². The van der Waals surface area contributed by atoms with E-state index >= 15 is 0 Å². The molecule has 1 aromatic heterocycles. The standard InChI is InChI=1S/C13H18N2O2/c1-9-3-2-4-10(9)7-15-12-5-6-14-8-11(12)13(16)17/h5-6,8-10H,2-4,7H2,1H3,(H,14,15)(H,16,17). The first-order valence-electron chi connectivity index (χ1n) is 6.09. The number of carbonyl (C=O) groups is 1. The van der Waals surface area contributed by atoms with Gasteiger partial charge in [0.05, 0.1) is 5.69 Å². The van der Waals surface area contributed by atoms with Crippen molar-refractivity contribution in [2.75, 3.05) is 11.9 Å². The lowest BCUT2D eigenvalue weighted by Crippen LogP contribution is -2.18. The molecule has 2 N–H and O–H groups in total. The van der Waals surface area contributed by atoms with Gasteiger partial charge in [-0.1, -0.05) is 19.8 Å². The highest BCUT2D eigenvalue weighted by Crippen LogP contribution is 2.31. The van der Waals surface area contributed by atoms with Crippen LogP contribution in [-0.2, 0) is 0 Å². The Kier molecular flexibility index (Phi) is 3.61. The van der Waals surface area contributed by atoms with E-state index in [0.717, 1.165) is 12.5 Å². The molecule has 4 heteroatoms. The molecule has 2 unspecified atom stereocenters. The van der Waals surface area contributed by atoms with Crippen LogP contribution in [-0.4, -0.2) is 22.6 Å². The molecule has 1 saturated carbocycles. The second kappa shape index (κ2) is 5.17. The minimum atomic E-state index is -0.930. The molecule has 2 rings (SSSR count). The lowest BCUT2D eigenvalue weighted by atomic mass is 9.98. The minimum Gasteiger partial charge on any atom is -0.478 e. The zero-order chi connectivity index (χ0) is 12.3. The molecule has 1 heterocycles. The number of nitrogens with one attached hydrogen (secondary N) is 1. The Morgan fingerprint density at radius 2 is 2.41 bits per heavy atom. The molecule has 0 bridgehead atoms. The third kappa shape index (κ3) is 2.75. The Labute approximate surface area is 101 Å². The van der Waals surface area contributed by atoms with E-state index in [1.807, 2.05) is 0 Å². The molecule has 92 valence electrons. The number of carboxylic acid groups (broad SMARTS) is 1. The maximum atomic E-state index is 11.0. The Morgan fingerprint density at radius 3 is 3.06 bits per heavy atom. The summed E-state index contributed by atoms with van der Waals surface area (Å²) in [6.45, 7) is 3.12. The van der Waals surface area contributed by atoms with Crippen LogP contribution < -0.4 is 5.32 Å². The van der Waals surface area contributed by atoms with Crippen LogP contribution in [0.5, 0.6) is 0 Å². The van der Waals surface area contributed by atoms with Crippen LogP contribution in [0.25, 0.3) is 0 Å². The molecule has 1 aromatic rings. The van der Waals surface area contributed by atoms with E-state index in [2.05, 4.69) is 17.2 Å². The Hall–Kier alpha value is -1.58. The fourth-order valence-corrected chi connectivity index (χ4v) is 2.49. The lowest BCUT2D eigenvalue weighted by molar-refractivity contribution is 0.0697. The number of anilines is 1. The van der Waals surface area contributed by atoms with Gasteiger partial charge in [0, 0.05) is 18.9 Å². The van der Waals surface area contributed by atoms with Gasteiger partial charge in [0.2, 0.25) is 0 Å². The fourth-order valence-electron chi connectivity index (χ4n) is 2.49. The highest BCUT2D eigenvalue weighted by Gasteiger charge is 2.23. The number of aromatic carboxylic acids is 1. The predicted octanol–water partition coefficient (Wildman–Crippen LogP) is 2.63. The highest BCUT2D eigenvalue weighted by atomic mass is 16.4. The van der Waals surface area contributed by atoms with Gasteiger partial charge in [-0.05, 0) is 24.3 Å². The number of pyridine rings is 1. The summed E-state index contributed by atoms with van der Waals surface area (Å²) >= 11 is 0. The van der Waals surface area contributed by atoms with Gasteiger partial charge in [-0.2, -0.15) is 0 Å². The van der Waals surface area contributed by atoms with E-state index < -0.39 is 5.97 Å². The SMILES string of the molecule is CC1CCCC1CNc1ccncc1C(=O)O. The smallest absolute Gasteiger partial charge is 0.339 e. The second-order valence-electron chi connectivity index (χ2n) is 4.78. The summed E-state index contributed by atoms with van der Waals surface area (Å²) in [6.07, 6.45) is 6.82. The van der Waals surface area contributed by atoms with Crippen molar-refractivity contribution in [1.82, 2.24) is 4.98 Å². The summed E-state index contributed by atoms with van der Waals surface area (Å²) in [4.78, 5) is 14.8. The summed E-state index contributed by atoms with van der Waals surface area (Å²) < 4.78 is 0. The zero-order valence-corrected chi connectivity index (χ0v) is 10.0. The van der Waals surface area contributed by atoms with E-state index in [-0.39, 0.29) is 5.56 Å². The molecule has 0 aliphatic heterocycles. The number of hydrogen-bond acceptors (Lipinski definition) is 3. The van der Waals surface area contributed by atoms with Crippen molar-refractivity contribution < 1.29 is 9.90 Å². The highest BCUT2D eigenvalue weighted by molar-refractivity contribution is 5.93. The molecule has 17 heavy (non-hydrogen) atoms. The van der Waals surface area contributed by atoms with Gasteiger partial charge in [0.25, 0.3) is 0 Å². The first-order valence-corrected chi connectivity index (χ1v) is 6.09. The molecule has 1 aliphatic carbocycles. The van der Waals surface area contributed by atoms with Gasteiger partial charge < -0.3 is 10.4 Å². The lowest BCUT2D eigenvalue weighted by Gasteiger charge is -2.17. The number of aromatic nitrogens is 1. The number of carboxylic acids is 1. The van der Waals surface area contributed by atoms with Gasteiger partial charge >= 0.3 is 5.97 Å². The van der Waals surface area contributed by atoms with Crippen molar-refractivity contribution in [3.8, 4) is 0 Å². The van der Waals surface area contributed by atoms with Crippen molar-refractivity contribution in [3.05, 3.63) is 24.0 Å². The summed E-state index contributed by atoms with van der Waals surface area (Å²) in [7, 11) is 0. The first kappa shape index (κ1) is 11.9. The van der Waals surface area contributed by atoms with Gasteiger partial charge in [-0.3, -0.25) is 4.98 Å². The largest absolute Gasteiger partial charge is 0.478 e. The normalized spacial score (nSPS) is 23.6. The van der Waals surface area contributed by atoms with Gasteiger partial charge in [-0.15, -0.1) is 0 Å². The first-order chi connectivity index (χ1) is 8.18. The summed E-state index contributed by atoms with van der Waals surface area (Å²) in [6, 6.07) is 1.73. The Morgan fingerprint density at radius 1 is 1.59 bits per heavy atom. The summed E-state index contributed by atoms with van der Waals surface area (Å²) in [5.41, 5.74) is 0.921. The van der Waals surface area contributed by atoms with Crippen molar-refractivity contribution in [2.24, 2.45) is 11.8 Å². The van der Waals surface area contributed by atoms with Gasteiger partial charge in [0.15, 0.2) is 0 Å². The maximum Gasteiger partial charge on any atom is 0.339 e. The van der Waals surface area contributed by atoms with Crippen molar-refractivity contribution in [1.29, 1.82) is 0 Å². The van der Waals surface area contributed by atoms with Gasteiger partial charge in [-0.25, -0.2) is 4.79 Å². The van der Waals surface area contributed by atoms with Crippen molar-refractivity contribution in [2.45, 2.75) is 26.2 Å². The molecule has 0 spiro atoms. The van der Waals surface area contributed by atoms with Crippen LogP contribution in [0.2, 0.25) is 0 Å². The van der Waals surface area contributed by atoms with Crippen molar-refractivity contribution in [3.63, 3.8) is 0 Å². The van der Waals surface area contributed by atoms with Crippen molar-refractivity contribution >= 4 is 11.7 Å². The Balaban J connectivity index is 2.01. The van der Waals surface area contributed by atoms with E-state index in [9.17, 15) is 4.79 Å². The van der Waals surface area contributed by atoms with E-state index in [4.69, 9.17) is 5.11 Å². The van der Waals surface area contributed by atoms with Crippen LogP contribution in [0.1, 0.15) is 36.5 Å². The average Bonchev–Trinajstić information content (AvgIpc) is 2.72. The molecular formula is C13H18N2O2. The second-order valence-corrected chi connectivity index (χ2v) is 4.78. The fraction of sp³-hybridized carbons (Fsp3) is 0.538. The molecule has 1 fully saturated rings. The van der Waals surface area contributed by atoms with Crippen LogP contribution in [0.3, 0.4) is 0 Å². The molecule has 4 nitrogen and oxygen atoms in total. The third-order valence-electron chi connectivity index (χ3n) is 3.65. The van der Waals surface area contributed by atoms with Crippen LogP contribution in [0, 0.1) is 11.8 Å².